The summed E-state index contributed by atoms with van der Waals surface area (Å²) >= 11 is 1.57. The van der Waals surface area contributed by atoms with Gasteiger partial charge < -0.3 is 14.5 Å². The van der Waals surface area contributed by atoms with Crippen molar-refractivity contribution in [2.45, 2.75) is 6.61 Å². The summed E-state index contributed by atoms with van der Waals surface area (Å²) in [7, 11) is 0. The summed E-state index contributed by atoms with van der Waals surface area (Å²) in [5.74, 6) is 0.673. The zero-order chi connectivity index (χ0) is 18.5. The number of rotatable bonds is 6. The number of amides is 1. The minimum absolute atomic E-state index is 0.245. The molecule has 2 heterocycles. The highest BCUT2D eigenvalue weighted by atomic mass is 32.1. The predicted molar refractivity (Wildman–Crippen MR) is 105 cm³/mol. The van der Waals surface area contributed by atoms with Gasteiger partial charge in [0.25, 0.3) is 5.91 Å². The zero-order valence-electron chi connectivity index (χ0n) is 14.3. The van der Waals surface area contributed by atoms with Gasteiger partial charge in [0.15, 0.2) is 5.76 Å². The second-order valence-electron chi connectivity index (χ2n) is 5.75. The smallest absolute Gasteiger partial charge is 0.291 e. The lowest BCUT2D eigenvalue weighted by molar-refractivity contribution is 0.0993. The van der Waals surface area contributed by atoms with Crippen LogP contribution in [0.5, 0.6) is 5.75 Å². The van der Waals surface area contributed by atoms with Crippen molar-refractivity contribution in [3.8, 4) is 16.3 Å². The molecular weight excluding hydrogens is 360 g/mol. The molecular formula is C21H16N2O3S. The molecule has 4 rings (SSSR count). The SMILES string of the molecule is O=C(Nc1ccc(-c2nccs2)cc1)c1occc1COc1ccccc1. The molecule has 0 aliphatic rings. The standard InChI is InChI=1S/C21H16N2O3S/c24-20(23-17-8-6-15(7-9-17)21-22-11-13-27-21)19-16(10-12-25-19)14-26-18-4-2-1-3-5-18/h1-13H,14H2,(H,23,24). The van der Waals surface area contributed by atoms with E-state index in [-0.39, 0.29) is 18.3 Å². The number of aromatic nitrogens is 1. The molecule has 0 radical (unpaired) electrons. The fourth-order valence-electron chi connectivity index (χ4n) is 2.58. The molecule has 1 amide bonds. The number of para-hydroxylation sites is 1. The van der Waals surface area contributed by atoms with E-state index in [1.807, 2.05) is 60.0 Å². The molecule has 134 valence electrons. The molecule has 0 atom stereocenters. The highest BCUT2D eigenvalue weighted by Crippen LogP contribution is 2.24. The molecule has 5 nitrogen and oxygen atoms in total. The predicted octanol–water partition coefficient (Wildman–Crippen LogP) is 5.23. The third kappa shape index (κ3) is 4.07. The van der Waals surface area contributed by atoms with Crippen LogP contribution in [0.4, 0.5) is 5.69 Å². The van der Waals surface area contributed by atoms with Gasteiger partial charge in [-0.2, -0.15) is 0 Å². The summed E-state index contributed by atoms with van der Waals surface area (Å²) in [6.45, 7) is 0.256. The Labute approximate surface area is 160 Å². The molecule has 2 aromatic heterocycles. The van der Waals surface area contributed by atoms with E-state index >= 15 is 0 Å². The molecule has 0 bridgehead atoms. The van der Waals surface area contributed by atoms with Gasteiger partial charge in [0.1, 0.15) is 17.4 Å². The number of nitrogens with zero attached hydrogens (tertiary/aromatic N) is 1. The van der Waals surface area contributed by atoms with Crippen molar-refractivity contribution in [3.05, 3.63) is 89.8 Å². The molecule has 0 spiro atoms. The molecule has 0 unspecified atom stereocenters. The number of furan rings is 1. The van der Waals surface area contributed by atoms with Gasteiger partial charge in [-0.25, -0.2) is 4.98 Å². The van der Waals surface area contributed by atoms with Crippen molar-refractivity contribution in [3.63, 3.8) is 0 Å². The van der Waals surface area contributed by atoms with Crippen LogP contribution in [0.25, 0.3) is 10.6 Å². The Morgan fingerprint density at radius 1 is 1.07 bits per heavy atom. The van der Waals surface area contributed by atoms with E-state index in [4.69, 9.17) is 9.15 Å². The summed E-state index contributed by atoms with van der Waals surface area (Å²) in [6, 6.07) is 18.7. The Morgan fingerprint density at radius 2 is 1.89 bits per heavy atom. The van der Waals surface area contributed by atoms with E-state index in [1.165, 1.54) is 6.26 Å². The lowest BCUT2D eigenvalue weighted by Gasteiger charge is -2.07. The van der Waals surface area contributed by atoms with Gasteiger partial charge in [0.2, 0.25) is 0 Å². The average molecular weight is 376 g/mol. The van der Waals surface area contributed by atoms with Crippen LogP contribution in [0.1, 0.15) is 16.1 Å². The molecule has 0 saturated heterocycles. The minimum Gasteiger partial charge on any atom is -0.489 e. The number of benzene rings is 2. The van der Waals surface area contributed by atoms with E-state index in [0.29, 0.717) is 11.3 Å². The maximum absolute atomic E-state index is 12.6. The molecule has 0 aliphatic heterocycles. The van der Waals surface area contributed by atoms with Crippen LogP contribution < -0.4 is 10.1 Å². The molecule has 0 aliphatic carbocycles. The zero-order valence-corrected chi connectivity index (χ0v) is 15.1. The topological polar surface area (TPSA) is 64.4 Å². The molecule has 0 fully saturated rings. The van der Waals surface area contributed by atoms with E-state index in [2.05, 4.69) is 10.3 Å². The van der Waals surface area contributed by atoms with Crippen molar-refractivity contribution in [2.75, 3.05) is 5.32 Å². The van der Waals surface area contributed by atoms with Gasteiger partial charge in [-0.05, 0) is 42.5 Å². The molecule has 2 aromatic carbocycles. The second-order valence-corrected chi connectivity index (χ2v) is 6.64. The van der Waals surface area contributed by atoms with Gasteiger partial charge in [0, 0.05) is 28.4 Å². The van der Waals surface area contributed by atoms with Crippen molar-refractivity contribution in [1.82, 2.24) is 4.98 Å². The molecule has 1 N–H and O–H groups in total. The Morgan fingerprint density at radius 3 is 2.63 bits per heavy atom. The van der Waals surface area contributed by atoms with E-state index in [9.17, 15) is 4.79 Å². The number of carbonyl (C=O) groups excluding carboxylic acids is 1. The number of hydrogen-bond acceptors (Lipinski definition) is 5. The van der Waals surface area contributed by atoms with Crippen molar-refractivity contribution < 1.29 is 13.9 Å². The molecule has 4 aromatic rings. The Hall–Kier alpha value is -3.38. The second kappa shape index (κ2) is 7.88. The van der Waals surface area contributed by atoms with Crippen molar-refractivity contribution in [1.29, 1.82) is 0 Å². The monoisotopic (exact) mass is 376 g/mol. The van der Waals surface area contributed by atoms with Crippen LogP contribution in [0, 0.1) is 0 Å². The van der Waals surface area contributed by atoms with Gasteiger partial charge in [-0.15, -0.1) is 11.3 Å². The van der Waals surface area contributed by atoms with Crippen molar-refractivity contribution in [2.24, 2.45) is 0 Å². The highest BCUT2D eigenvalue weighted by molar-refractivity contribution is 7.13. The largest absolute Gasteiger partial charge is 0.489 e. The van der Waals surface area contributed by atoms with E-state index in [1.54, 1.807) is 23.6 Å². The number of carbonyl (C=O) groups is 1. The van der Waals surface area contributed by atoms with Crippen LogP contribution in [-0.2, 0) is 6.61 Å². The van der Waals surface area contributed by atoms with Gasteiger partial charge in [-0.1, -0.05) is 18.2 Å². The number of nitrogens with one attached hydrogen (secondary N) is 1. The van der Waals surface area contributed by atoms with Crippen LogP contribution in [0.3, 0.4) is 0 Å². The normalized spacial score (nSPS) is 10.5. The lowest BCUT2D eigenvalue weighted by atomic mass is 10.2. The molecule has 27 heavy (non-hydrogen) atoms. The summed E-state index contributed by atoms with van der Waals surface area (Å²) < 4.78 is 11.1. The first-order chi connectivity index (χ1) is 13.3. The summed E-state index contributed by atoms with van der Waals surface area (Å²) in [5.41, 5.74) is 2.39. The third-order valence-electron chi connectivity index (χ3n) is 3.91. The van der Waals surface area contributed by atoms with E-state index < -0.39 is 0 Å². The lowest BCUT2D eigenvalue weighted by Crippen LogP contribution is -2.13. The van der Waals surface area contributed by atoms with Gasteiger partial charge in [-0.3, -0.25) is 4.79 Å². The highest BCUT2D eigenvalue weighted by Gasteiger charge is 2.16. The first-order valence-corrected chi connectivity index (χ1v) is 9.23. The average Bonchev–Trinajstić information content (AvgIpc) is 3.40. The Kier molecular flexibility index (Phi) is 4.98. The van der Waals surface area contributed by atoms with E-state index in [0.717, 1.165) is 16.3 Å². The Balaban J connectivity index is 1.42. The number of ether oxygens (including phenoxy) is 1. The first-order valence-electron chi connectivity index (χ1n) is 8.35. The van der Waals surface area contributed by atoms with Crippen LogP contribution in [0.15, 0.2) is 82.9 Å². The third-order valence-corrected chi connectivity index (χ3v) is 4.73. The maximum Gasteiger partial charge on any atom is 0.291 e. The summed E-state index contributed by atoms with van der Waals surface area (Å²) in [5, 5.41) is 5.73. The quantitative estimate of drug-likeness (QED) is 0.500. The number of hydrogen-bond donors (Lipinski definition) is 1. The first kappa shape index (κ1) is 17.1. The van der Waals surface area contributed by atoms with Gasteiger partial charge >= 0.3 is 0 Å². The van der Waals surface area contributed by atoms with Crippen molar-refractivity contribution >= 4 is 22.9 Å². The summed E-state index contributed by atoms with van der Waals surface area (Å²) in [4.78, 5) is 16.8. The maximum atomic E-state index is 12.6. The van der Waals surface area contributed by atoms with Gasteiger partial charge in [0.05, 0.1) is 6.26 Å². The fraction of sp³-hybridized carbons (Fsp3) is 0.0476. The summed E-state index contributed by atoms with van der Waals surface area (Å²) in [6.07, 6.45) is 3.26. The molecule has 6 heteroatoms. The van der Waals surface area contributed by atoms with Crippen LogP contribution in [-0.4, -0.2) is 10.9 Å². The minimum atomic E-state index is -0.311. The van der Waals surface area contributed by atoms with Crippen LogP contribution in [0.2, 0.25) is 0 Å². The molecule has 0 saturated carbocycles. The fourth-order valence-corrected chi connectivity index (χ4v) is 3.22. The Bertz CT molecular complexity index is 1010. The van der Waals surface area contributed by atoms with Crippen LogP contribution >= 0.6 is 11.3 Å². The number of thiazole rings is 1. The number of anilines is 1.